The van der Waals surface area contributed by atoms with Gasteiger partial charge in [0, 0.05) is 12.1 Å². The molecule has 1 atom stereocenters. The second kappa shape index (κ2) is 3.72. The topological polar surface area (TPSA) is 27.1 Å². The summed E-state index contributed by atoms with van der Waals surface area (Å²) in [4.78, 5) is 4.28. The largest absolute Gasteiger partial charge is 0.362 e. The zero-order valence-electron chi connectivity index (χ0n) is 10.6. The summed E-state index contributed by atoms with van der Waals surface area (Å²) < 4.78 is 8.40. The lowest BCUT2D eigenvalue weighted by Gasteiger charge is -2.35. The van der Waals surface area contributed by atoms with Crippen molar-refractivity contribution in [3.8, 4) is 12.3 Å². The van der Waals surface area contributed by atoms with Gasteiger partial charge in [-0.3, -0.25) is 0 Å². The Labute approximate surface area is 112 Å². The third kappa shape index (κ3) is 1.35. The van der Waals surface area contributed by atoms with Crippen LogP contribution in [0.3, 0.4) is 0 Å². The van der Waals surface area contributed by atoms with Gasteiger partial charge in [-0.1, -0.05) is 12.0 Å². The van der Waals surface area contributed by atoms with E-state index in [1.54, 1.807) is 0 Å². The average molecular weight is 250 g/mol. The smallest absolute Gasteiger partial charge is 0.135 e. The summed E-state index contributed by atoms with van der Waals surface area (Å²) in [6.07, 6.45) is 11.4. The highest BCUT2D eigenvalue weighted by atomic mass is 16.5. The van der Waals surface area contributed by atoms with Gasteiger partial charge < -0.3 is 9.30 Å². The molecule has 2 aliphatic rings. The lowest BCUT2D eigenvalue weighted by molar-refractivity contribution is -0.0457. The molecule has 1 aromatic carbocycles. The highest BCUT2D eigenvalue weighted by Gasteiger charge is 2.45. The first kappa shape index (κ1) is 10.8. The number of rotatable bonds is 0. The molecule has 0 bridgehead atoms. The van der Waals surface area contributed by atoms with Gasteiger partial charge in [0.05, 0.1) is 24.8 Å². The minimum atomic E-state index is -0.336. The molecule has 0 radical (unpaired) electrons. The van der Waals surface area contributed by atoms with Crippen molar-refractivity contribution in [2.45, 2.75) is 25.0 Å². The second-order valence-electron chi connectivity index (χ2n) is 5.16. The molecule has 4 rings (SSSR count). The molecule has 2 aromatic rings. The van der Waals surface area contributed by atoms with Gasteiger partial charge >= 0.3 is 0 Å². The Hall–Kier alpha value is -2.05. The predicted molar refractivity (Wildman–Crippen MR) is 71.7 cm³/mol. The zero-order valence-corrected chi connectivity index (χ0v) is 10.6. The van der Waals surface area contributed by atoms with E-state index in [0.717, 1.165) is 37.3 Å². The second-order valence-corrected chi connectivity index (χ2v) is 5.16. The van der Waals surface area contributed by atoms with Crippen LogP contribution in [0.1, 0.15) is 28.8 Å². The van der Waals surface area contributed by atoms with Gasteiger partial charge in [-0.15, -0.1) is 6.42 Å². The number of hydrogen-bond acceptors (Lipinski definition) is 2. The Bertz CT molecular complexity index is 695. The van der Waals surface area contributed by atoms with Crippen molar-refractivity contribution in [2.75, 3.05) is 6.61 Å². The van der Waals surface area contributed by atoms with E-state index in [1.165, 1.54) is 11.1 Å². The van der Waals surface area contributed by atoms with Crippen LogP contribution in [-0.4, -0.2) is 16.2 Å². The SMILES string of the molecule is C#Cc1ccc2c(c1)C1(CC2)OCCn2cncc21. The van der Waals surface area contributed by atoms with Gasteiger partial charge in [0.2, 0.25) is 0 Å². The van der Waals surface area contributed by atoms with Gasteiger partial charge in [0.1, 0.15) is 5.60 Å². The van der Waals surface area contributed by atoms with Crippen LogP contribution in [0.25, 0.3) is 0 Å². The van der Waals surface area contributed by atoms with Crippen LogP contribution >= 0.6 is 0 Å². The molecular formula is C16H14N2O. The van der Waals surface area contributed by atoms with Crippen molar-refractivity contribution in [2.24, 2.45) is 0 Å². The van der Waals surface area contributed by atoms with E-state index < -0.39 is 0 Å². The Morgan fingerprint density at radius 2 is 2.37 bits per heavy atom. The Morgan fingerprint density at radius 3 is 3.26 bits per heavy atom. The van der Waals surface area contributed by atoms with Crippen molar-refractivity contribution < 1.29 is 4.74 Å². The first-order chi connectivity index (χ1) is 9.33. The molecule has 1 unspecified atom stereocenters. The minimum absolute atomic E-state index is 0.336. The van der Waals surface area contributed by atoms with E-state index in [4.69, 9.17) is 11.2 Å². The van der Waals surface area contributed by atoms with Crippen LogP contribution in [0.15, 0.2) is 30.7 Å². The van der Waals surface area contributed by atoms with E-state index in [2.05, 4.69) is 27.6 Å². The van der Waals surface area contributed by atoms with E-state index >= 15 is 0 Å². The van der Waals surface area contributed by atoms with Gasteiger partial charge in [0.15, 0.2) is 0 Å². The zero-order chi connectivity index (χ0) is 12.9. The van der Waals surface area contributed by atoms with Crippen molar-refractivity contribution >= 4 is 0 Å². The summed E-state index contributed by atoms with van der Waals surface area (Å²) in [7, 11) is 0. The van der Waals surface area contributed by atoms with Crippen molar-refractivity contribution in [3.63, 3.8) is 0 Å². The number of hydrogen-bond donors (Lipinski definition) is 0. The average Bonchev–Trinajstić information content (AvgIpc) is 3.06. The Kier molecular flexibility index (Phi) is 2.12. The molecule has 2 heterocycles. The summed E-state index contributed by atoms with van der Waals surface area (Å²) in [5.41, 5.74) is 4.31. The third-order valence-electron chi connectivity index (χ3n) is 4.26. The highest BCUT2D eigenvalue weighted by molar-refractivity contribution is 5.49. The van der Waals surface area contributed by atoms with Crippen molar-refractivity contribution in [1.29, 1.82) is 0 Å². The molecule has 3 nitrogen and oxygen atoms in total. The summed E-state index contributed by atoms with van der Waals surface area (Å²) in [5, 5.41) is 0. The maximum Gasteiger partial charge on any atom is 0.135 e. The van der Waals surface area contributed by atoms with Crippen molar-refractivity contribution in [1.82, 2.24) is 9.55 Å². The Morgan fingerprint density at radius 1 is 1.42 bits per heavy atom. The number of nitrogens with zero attached hydrogens (tertiary/aromatic N) is 2. The first-order valence-corrected chi connectivity index (χ1v) is 6.58. The monoisotopic (exact) mass is 250 g/mol. The molecule has 0 fully saturated rings. The van der Waals surface area contributed by atoms with Crippen LogP contribution in [0.2, 0.25) is 0 Å². The molecule has 0 amide bonds. The van der Waals surface area contributed by atoms with Gasteiger partial charge in [-0.25, -0.2) is 4.98 Å². The fraction of sp³-hybridized carbons (Fsp3) is 0.312. The van der Waals surface area contributed by atoms with Crippen LogP contribution < -0.4 is 0 Å². The number of imidazole rings is 1. The molecule has 0 saturated carbocycles. The lowest BCUT2D eigenvalue weighted by Crippen LogP contribution is -2.37. The predicted octanol–water partition coefficient (Wildman–Crippen LogP) is 2.08. The van der Waals surface area contributed by atoms with Crippen LogP contribution in [0.5, 0.6) is 0 Å². The molecule has 0 saturated heterocycles. The molecule has 19 heavy (non-hydrogen) atoms. The van der Waals surface area contributed by atoms with E-state index in [-0.39, 0.29) is 5.60 Å². The number of aryl methyl sites for hydroxylation is 1. The van der Waals surface area contributed by atoms with Gasteiger partial charge in [-0.05, 0) is 36.1 Å². The number of aromatic nitrogens is 2. The highest BCUT2D eigenvalue weighted by Crippen LogP contribution is 2.46. The van der Waals surface area contributed by atoms with Crippen LogP contribution in [-0.2, 0) is 23.3 Å². The number of benzene rings is 1. The quantitative estimate of drug-likeness (QED) is 0.669. The Balaban J connectivity index is 1.96. The summed E-state index contributed by atoms with van der Waals surface area (Å²) >= 11 is 0. The molecule has 3 heteroatoms. The molecule has 1 aromatic heterocycles. The summed E-state index contributed by atoms with van der Waals surface area (Å²) in [5.74, 6) is 2.72. The normalized spacial score (nSPS) is 23.9. The molecular weight excluding hydrogens is 236 g/mol. The fourth-order valence-corrected chi connectivity index (χ4v) is 3.35. The van der Waals surface area contributed by atoms with Crippen molar-refractivity contribution in [3.05, 3.63) is 53.1 Å². The first-order valence-electron chi connectivity index (χ1n) is 6.58. The molecule has 1 aliphatic carbocycles. The lowest BCUT2D eigenvalue weighted by atomic mass is 9.90. The van der Waals surface area contributed by atoms with Gasteiger partial charge in [-0.2, -0.15) is 0 Å². The summed E-state index contributed by atoms with van der Waals surface area (Å²) in [6, 6.07) is 6.25. The molecule has 1 aliphatic heterocycles. The standard InChI is InChI=1S/C16H14N2O/c1-2-12-3-4-13-5-6-16(14(13)9-12)15-10-17-11-18(15)7-8-19-16/h1,3-4,9-11H,5-8H2. The van der Waals surface area contributed by atoms with Gasteiger partial charge in [0.25, 0.3) is 0 Å². The number of fused-ring (bicyclic) bond motifs is 4. The molecule has 94 valence electrons. The molecule has 0 N–H and O–H groups in total. The summed E-state index contributed by atoms with van der Waals surface area (Å²) in [6.45, 7) is 1.60. The third-order valence-corrected chi connectivity index (χ3v) is 4.26. The van der Waals surface area contributed by atoms with Crippen LogP contribution in [0.4, 0.5) is 0 Å². The van der Waals surface area contributed by atoms with E-state index in [0.29, 0.717) is 0 Å². The number of terminal acetylenes is 1. The molecule has 1 spiro atoms. The maximum absolute atomic E-state index is 6.21. The van der Waals surface area contributed by atoms with E-state index in [1.807, 2.05) is 18.6 Å². The number of ether oxygens (including phenoxy) is 1. The van der Waals surface area contributed by atoms with E-state index in [9.17, 15) is 0 Å². The fourth-order valence-electron chi connectivity index (χ4n) is 3.35. The van der Waals surface area contributed by atoms with Crippen LogP contribution in [0, 0.1) is 12.3 Å². The maximum atomic E-state index is 6.21. The minimum Gasteiger partial charge on any atom is -0.362 e.